The van der Waals surface area contributed by atoms with Crippen molar-refractivity contribution in [3.8, 4) is 5.75 Å². The third-order valence-corrected chi connectivity index (χ3v) is 4.40. The Morgan fingerprint density at radius 2 is 1.83 bits per heavy atom. The van der Waals surface area contributed by atoms with Crippen LogP contribution in [0.4, 0.5) is 5.69 Å². The number of aromatic hydroxyl groups is 1. The van der Waals surface area contributed by atoms with E-state index in [0.29, 0.717) is 0 Å². The van der Waals surface area contributed by atoms with Crippen LogP contribution in [-0.4, -0.2) is 29.3 Å². The van der Waals surface area contributed by atoms with Crippen LogP contribution < -0.4 is 4.72 Å². The minimum Gasteiger partial charge on any atom is -0.507 e. The van der Waals surface area contributed by atoms with Crippen LogP contribution in [0, 0.1) is 0 Å². The molecule has 100 valence electrons. The Hall–Kier alpha value is -1.76. The van der Waals surface area contributed by atoms with Crippen LogP contribution in [0.25, 0.3) is 0 Å². The fourth-order valence-corrected chi connectivity index (χ4v) is 1.82. The Labute approximate surface area is 105 Å². The summed E-state index contributed by atoms with van der Waals surface area (Å²) in [5.41, 5.74) is -0.260. The smallest absolute Gasteiger partial charge is 0.339 e. The van der Waals surface area contributed by atoms with E-state index in [1.165, 1.54) is 26.8 Å². The molecule has 0 saturated heterocycles. The molecule has 1 rings (SSSR count). The third-order valence-electron chi connectivity index (χ3n) is 2.29. The van der Waals surface area contributed by atoms with Gasteiger partial charge in [-0.15, -0.1) is 0 Å². The van der Waals surface area contributed by atoms with Gasteiger partial charge in [-0.3, -0.25) is 4.72 Å². The molecule has 0 saturated carbocycles. The first-order chi connectivity index (χ1) is 8.04. The maximum Gasteiger partial charge on any atom is 0.339 e. The highest BCUT2D eigenvalue weighted by atomic mass is 32.2. The molecule has 1 aromatic rings. The predicted molar refractivity (Wildman–Crippen MR) is 67.4 cm³/mol. The topological polar surface area (TPSA) is 104 Å². The van der Waals surface area contributed by atoms with Gasteiger partial charge < -0.3 is 10.2 Å². The number of carbonyl (C=O) groups is 1. The molecule has 0 unspecified atom stereocenters. The summed E-state index contributed by atoms with van der Waals surface area (Å²) in [6.45, 7) is 4.57. The molecule has 0 spiro atoms. The maximum atomic E-state index is 11.9. The number of aromatic carboxylic acids is 1. The van der Waals surface area contributed by atoms with Crippen molar-refractivity contribution < 1.29 is 23.4 Å². The largest absolute Gasteiger partial charge is 0.507 e. The van der Waals surface area contributed by atoms with Crippen LogP contribution >= 0.6 is 0 Å². The number of anilines is 1. The molecule has 0 heterocycles. The summed E-state index contributed by atoms with van der Waals surface area (Å²) in [6, 6.07) is 3.50. The number of rotatable bonds is 3. The summed E-state index contributed by atoms with van der Waals surface area (Å²) in [6.07, 6.45) is 0. The van der Waals surface area contributed by atoms with E-state index in [1.54, 1.807) is 0 Å². The number of phenols is 1. The number of carboxylic acid groups (broad SMARTS) is 1. The Balaban J connectivity index is 3.15. The Kier molecular flexibility index (Phi) is 3.57. The highest BCUT2D eigenvalue weighted by Crippen LogP contribution is 2.24. The minimum absolute atomic E-state index is 0.0973. The Bertz CT molecular complexity index is 572. The molecule has 1 aromatic carbocycles. The molecular weight excluding hydrogens is 258 g/mol. The second kappa shape index (κ2) is 4.49. The molecule has 18 heavy (non-hydrogen) atoms. The molecule has 0 radical (unpaired) electrons. The molecular formula is C11H15NO5S. The third kappa shape index (κ3) is 2.92. The summed E-state index contributed by atoms with van der Waals surface area (Å²) in [5.74, 6) is -1.74. The Morgan fingerprint density at radius 1 is 1.28 bits per heavy atom. The average Bonchev–Trinajstić information content (AvgIpc) is 2.18. The number of carboxylic acids is 1. The van der Waals surface area contributed by atoms with Crippen molar-refractivity contribution in [2.75, 3.05) is 4.72 Å². The fourth-order valence-electron chi connectivity index (χ4n) is 1.08. The zero-order chi connectivity index (χ0) is 14.1. The van der Waals surface area contributed by atoms with Crippen molar-refractivity contribution in [2.24, 2.45) is 0 Å². The normalized spacial score (nSPS) is 12.2. The number of hydrogen-bond donors (Lipinski definition) is 3. The molecule has 7 heteroatoms. The van der Waals surface area contributed by atoms with Crippen molar-refractivity contribution in [3.05, 3.63) is 23.8 Å². The van der Waals surface area contributed by atoms with E-state index < -0.39 is 26.5 Å². The van der Waals surface area contributed by atoms with Gasteiger partial charge in [-0.25, -0.2) is 13.2 Å². The Morgan fingerprint density at radius 3 is 2.28 bits per heavy atom. The molecule has 0 aliphatic carbocycles. The summed E-state index contributed by atoms with van der Waals surface area (Å²) in [7, 11) is -3.63. The fraction of sp³-hybridized carbons (Fsp3) is 0.364. The van der Waals surface area contributed by atoms with E-state index in [0.717, 1.165) is 12.1 Å². The monoisotopic (exact) mass is 273 g/mol. The lowest BCUT2D eigenvalue weighted by Gasteiger charge is -2.20. The van der Waals surface area contributed by atoms with Crippen LogP contribution in [0.1, 0.15) is 31.1 Å². The first kappa shape index (κ1) is 14.3. The first-order valence-corrected chi connectivity index (χ1v) is 6.61. The molecule has 0 aliphatic heterocycles. The predicted octanol–water partition coefficient (Wildman–Crippen LogP) is 1.63. The maximum absolute atomic E-state index is 11.9. The molecule has 0 amide bonds. The van der Waals surface area contributed by atoms with E-state index in [-0.39, 0.29) is 11.3 Å². The standard InChI is InChI=1S/C11H15NO5S/c1-11(2,3)18(16,17)12-7-4-5-9(13)8(6-7)10(14)15/h4-6,12-13H,1-3H3,(H,14,15). The molecule has 6 nitrogen and oxygen atoms in total. The number of nitrogens with one attached hydrogen (secondary N) is 1. The number of hydrogen-bond acceptors (Lipinski definition) is 4. The van der Waals surface area contributed by atoms with E-state index in [2.05, 4.69) is 4.72 Å². The quantitative estimate of drug-likeness (QED) is 0.726. The summed E-state index contributed by atoms with van der Waals surface area (Å²) >= 11 is 0. The second-order valence-electron chi connectivity index (χ2n) is 4.75. The van der Waals surface area contributed by atoms with Crippen LogP contribution in [0.15, 0.2) is 18.2 Å². The van der Waals surface area contributed by atoms with Gasteiger partial charge in [-0.1, -0.05) is 0 Å². The average molecular weight is 273 g/mol. The van der Waals surface area contributed by atoms with Gasteiger partial charge in [0.05, 0.1) is 4.75 Å². The lowest BCUT2D eigenvalue weighted by atomic mass is 10.2. The molecule has 0 bridgehead atoms. The lowest BCUT2D eigenvalue weighted by molar-refractivity contribution is 0.0694. The zero-order valence-corrected chi connectivity index (χ0v) is 11.1. The summed E-state index contributed by atoms with van der Waals surface area (Å²) in [4.78, 5) is 10.8. The number of sulfonamides is 1. The zero-order valence-electron chi connectivity index (χ0n) is 10.3. The van der Waals surface area contributed by atoms with E-state index in [1.807, 2.05) is 0 Å². The molecule has 0 atom stereocenters. The van der Waals surface area contributed by atoms with Gasteiger partial charge in [-0.2, -0.15) is 0 Å². The van der Waals surface area contributed by atoms with E-state index >= 15 is 0 Å². The highest BCUT2D eigenvalue weighted by molar-refractivity contribution is 7.94. The van der Waals surface area contributed by atoms with Gasteiger partial charge in [0.2, 0.25) is 10.0 Å². The minimum atomic E-state index is -3.63. The van der Waals surface area contributed by atoms with Crippen LogP contribution in [0.2, 0.25) is 0 Å². The lowest BCUT2D eigenvalue weighted by Crippen LogP contribution is -2.33. The van der Waals surface area contributed by atoms with Crippen LogP contribution in [-0.2, 0) is 10.0 Å². The first-order valence-electron chi connectivity index (χ1n) is 5.13. The van der Waals surface area contributed by atoms with Gasteiger partial charge >= 0.3 is 5.97 Å². The van der Waals surface area contributed by atoms with Gasteiger partial charge in [0.15, 0.2) is 0 Å². The van der Waals surface area contributed by atoms with Crippen LogP contribution in [0.3, 0.4) is 0 Å². The SMILES string of the molecule is CC(C)(C)S(=O)(=O)Nc1ccc(O)c(C(=O)O)c1. The summed E-state index contributed by atoms with van der Waals surface area (Å²) in [5, 5.41) is 18.1. The second-order valence-corrected chi connectivity index (χ2v) is 7.19. The van der Waals surface area contributed by atoms with Gasteiger partial charge in [0.1, 0.15) is 11.3 Å². The van der Waals surface area contributed by atoms with Gasteiger partial charge in [0, 0.05) is 5.69 Å². The van der Waals surface area contributed by atoms with Gasteiger partial charge in [0.25, 0.3) is 0 Å². The molecule has 0 aliphatic rings. The molecule has 0 fully saturated rings. The van der Waals surface area contributed by atoms with Crippen molar-refractivity contribution in [2.45, 2.75) is 25.5 Å². The van der Waals surface area contributed by atoms with Gasteiger partial charge in [-0.05, 0) is 39.0 Å². The van der Waals surface area contributed by atoms with Crippen LogP contribution in [0.5, 0.6) is 5.75 Å². The molecule has 3 N–H and O–H groups in total. The summed E-state index contributed by atoms with van der Waals surface area (Å²) < 4.78 is 25.0. The number of benzene rings is 1. The van der Waals surface area contributed by atoms with E-state index in [4.69, 9.17) is 5.11 Å². The highest BCUT2D eigenvalue weighted by Gasteiger charge is 2.29. The van der Waals surface area contributed by atoms with Crippen molar-refractivity contribution in [1.29, 1.82) is 0 Å². The van der Waals surface area contributed by atoms with E-state index in [9.17, 15) is 18.3 Å². The molecule has 0 aromatic heterocycles. The van der Waals surface area contributed by atoms with Crippen molar-refractivity contribution in [3.63, 3.8) is 0 Å². The van der Waals surface area contributed by atoms with Crippen molar-refractivity contribution >= 4 is 21.7 Å². The van der Waals surface area contributed by atoms with Crippen molar-refractivity contribution in [1.82, 2.24) is 0 Å².